The third-order valence-electron chi connectivity index (χ3n) is 4.36. The number of aliphatic hydroxyl groups is 1. The number of ether oxygens (including phenoxy) is 2. The summed E-state index contributed by atoms with van der Waals surface area (Å²) in [6.45, 7) is 0.214. The number of hydrogen-bond donors (Lipinski definition) is 2. The van der Waals surface area contributed by atoms with Crippen LogP contribution in [0.3, 0.4) is 0 Å². The van der Waals surface area contributed by atoms with Crippen molar-refractivity contribution in [2.24, 2.45) is 0 Å². The fraction of sp³-hybridized carbons (Fsp3) is 0.350. The van der Waals surface area contributed by atoms with Gasteiger partial charge in [-0.2, -0.15) is 0 Å². The van der Waals surface area contributed by atoms with E-state index in [2.05, 4.69) is 28.7 Å². The Hall–Kier alpha value is -2.00. The quantitative estimate of drug-likeness (QED) is 0.591. The van der Waals surface area contributed by atoms with Crippen LogP contribution in [0.5, 0.6) is 11.5 Å². The van der Waals surface area contributed by atoms with Gasteiger partial charge in [-0.25, -0.2) is 4.79 Å². The molecule has 0 bridgehead atoms. The smallest absolute Gasteiger partial charge is 0.407 e. The summed E-state index contributed by atoms with van der Waals surface area (Å²) in [5.74, 6) is 1.45. The van der Waals surface area contributed by atoms with Gasteiger partial charge in [0.05, 0.1) is 13.1 Å². The number of para-hydroxylation sites is 1. The third-order valence-corrected chi connectivity index (χ3v) is 5.03. The van der Waals surface area contributed by atoms with Crippen LogP contribution >= 0.6 is 22.6 Å². The molecule has 0 unspecified atom stereocenters. The standard InChI is InChI=1S/C20H22INO5/c21-15-7-9-19-14(10-15)6-8-18(27-19)12-22(20(24)25)11-16(23)13-26-17-4-2-1-3-5-17/h1-5,7,9-10,16,18,23H,6,8,11-13H2,(H,24,25)/t16-,18+/m0/s1. The Morgan fingerprint density at radius 2 is 2.07 bits per heavy atom. The van der Waals surface area contributed by atoms with E-state index in [1.165, 1.54) is 4.90 Å². The molecule has 144 valence electrons. The molecule has 1 amide bonds. The summed E-state index contributed by atoms with van der Waals surface area (Å²) in [5, 5.41) is 19.7. The molecule has 0 saturated carbocycles. The van der Waals surface area contributed by atoms with Crippen LogP contribution < -0.4 is 9.47 Å². The number of rotatable bonds is 7. The Labute approximate surface area is 171 Å². The Bertz CT molecular complexity index is 770. The van der Waals surface area contributed by atoms with E-state index in [1.54, 1.807) is 12.1 Å². The minimum atomic E-state index is -1.08. The largest absolute Gasteiger partial charge is 0.491 e. The highest BCUT2D eigenvalue weighted by molar-refractivity contribution is 14.1. The molecule has 1 aliphatic heterocycles. The SMILES string of the molecule is O=C(O)N(C[C@H](O)COc1ccccc1)C[C@H]1CCc2cc(I)ccc2O1. The lowest BCUT2D eigenvalue weighted by molar-refractivity contribution is 0.0464. The van der Waals surface area contributed by atoms with Gasteiger partial charge in [-0.15, -0.1) is 0 Å². The van der Waals surface area contributed by atoms with Gasteiger partial charge in [0.2, 0.25) is 0 Å². The number of halogens is 1. The zero-order chi connectivity index (χ0) is 19.2. The number of amides is 1. The second-order valence-corrected chi connectivity index (χ2v) is 7.74. The molecular formula is C20H22INO5. The molecule has 0 fully saturated rings. The Morgan fingerprint density at radius 3 is 2.81 bits per heavy atom. The van der Waals surface area contributed by atoms with E-state index in [-0.39, 0.29) is 25.8 Å². The first-order valence-electron chi connectivity index (χ1n) is 8.80. The van der Waals surface area contributed by atoms with E-state index in [1.807, 2.05) is 30.3 Å². The number of hydrogen-bond acceptors (Lipinski definition) is 4. The molecule has 27 heavy (non-hydrogen) atoms. The summed E-state index contributed by atoms with van der Waals surface area (Å²) in [6, 6.07) is 15.1. The van der Waals surface area contributed by atoms with Crippen LogP contribution in [0.2, 0.25) is 0 Å². The summed E-state index contributed by atoms with van der Waals surface area (Å²) in [7, 11) is 0. The lowest BCUT2D eigenvalue weighted by Gasteiger charge is -2.31. The van der Waals surface area contributed by atoms with Crippen molar-refractivity contribution in [3.8, 4) is 11.5 Å². The number of benzene rings is 2. The van der Waals surface area contributed by atoms with Gasteiger partial charge in [-0.05, 0) is 71.3 Å². The highest BCUT2D eigenvalue weighted by atomic mass is 127. The van der Waals surface area contributed by atoms with E-state index >= 15 is 0 Å². The van der Waals surface area contributed by atoms with Crippen molar-refractivity contribution in [2.45, 2.75) is 25.0 Å². The molecule has 2 atom stereocenters. The lowest BCUT2D eigenvalue weighted by Crippen LogP contribution is -2.45. The molecule has 0 aliphatic carbocycles. The number of carbonyl (C=O) groups is 1. The van der Waals surface area contributed by atoms with Crippen molar-refractivity contribution in [3.05, 3.63) is 57.7 Å². The van der Waals surface area contributed by atoms with E-state index < -0.39 is 12.2 Å². The van der Waals surface area contributed by atoms with Crippen LogP contribution in [0.1, 0.15) is 12.0 Å². The van der Waals surface area contributed by atoms with Crippen molar-refractivity contribution in [3.63, 3.8) is 0 Å². The van der Waals surface area contributed by atoms with Crippen LogP contribution in [-0.2, 0) is 6.42 Å². The molecule has 7 heteroatoms. The van der Waals surface area contributed by atoms with Gasteiger partial charge in [0.1, 0.15) is 30.3 Å². The zero-order valence-electron chi connectivity index (χ0n) is 14.8. The maximum atomic E-state index is 11.6. The van der Waals surface area contributed by atoms with Gasteiger partial charge in [0.25, 0.3) is 0 Å². The van der Waals surface area contributed by atoms with Crippen LogP contribution in [0.25, 0.3) is 0 Å². The van der Waals surface area contributed by atoms with E-state index in [0.717, 1.165) is 27.7 Å². The zero-order valence-corrected chi connectivity index (χ0v) is 16.9. The van der Waals surface area contributed by atoms with E-state index in [4.69, 9.17) is 9.47 Å². The van der Waals surface area contributed by atoms with Gasteiger partial charge < -0.3 is 24.6 Å². The maximum absolute atomic E-state index is 11.6. The average molecular weight is 483 g/mol. The molecule has 2 aromatic carbocycles. The number of nitrogens with zero attached hydrogens (tertiary/aromatic N) is 1. The summed E-state index contributed by atoms with van der Waals surface area (Å²) in [5.41, 5.74) is 1.15. The molecule has 2 N–H and O–H groups in total. The molecule has 0 saturated heterocycles. The second-order valence-electron chi connectivity index (χ2n) is 6.50. The topological polar surface area (TPSA) is 79.2 Å². The minimum absolute atomic E-state index is 0.0262. The second kappa shape index (κ2) is 9.27. The molecule has 3 rings (SSSR count). The third kappa shape index (κ3) is 5.74. The number of carboxylic acid groups (broad SMARTS) is 1. The first kappa shape index (κ1) is 19.8. The number of aliphatic hydroxyl groups excluding tert-OH is 1. The van der Waals surface area contributed by atoms with Crippen molar-refractivity contribution in [1.29, 1.82) is 0 Å². The lowest BCUT2D eigenvalue weighted by atomic mass is 10.0. The molecular weight excluding hydrogens is 461 g/mol. The number of aryl methyl sites for hydroxylation is 1. The maximum Gasteiger partial charge on any atom is 0.407 e. The van der Waals surface area contributed by atoms with Gasteiger partial charge in [0.15, 0.2) is 0 Å². The number of fused-ring (bicyclic) bond motifs is 1. The van der Waals surface area contributed by atoms with Crippen LogP contribution in [-0.4, -0.2) is 53.1 Å². The average Bonchev–Trinajstić information content (AvgIpc) is 2.66. The van der Waals surface area contributed by atoms with Crippen LogP contribution in [0.15, 0.2) is 48.5 Å². The fourth-order valence-corrected chi connectivity index (χ4v) is 3.59. The highest BCUT2D eigenvalue weighted by Crippen LogP contribution is 2.29. The van der Waals surface area contributed by atoms with Crippen LogP contribution in [0.4, 0.5) is 4.79 Å². The first-order chi connectivity index (χ1) is 13.0. The Balaban J connectivity index is 1.53. The Kier molecular flexibility index (Phi) is 6.78. The normalized spacial score (nSPS) is 16.7. The van der Waals surface area contributed by atoms with Crippen LogP contribution in [0, 0.1) is 3.57 Å². The van der Waals surface area contributed by atoms with Crippen molar-refractivity contribution >= 4 is 28.7 Å². The Morgan fingerprint density at radius 1 is 1.30 bits per heavy atom. The highest BCUT2D eigenvalue weighted by Gasteiger charge is 2.26. The summed E-state index contributed by atoms with van der Waals surface area (Å²) < 4.78 is 12.6. The molecule has 1 aliphatic rings. The molecule has 0 radical (unpaired) electrons. The van der Waals surface area contributed by atoms with Gasteiger partial charge >= 0.3 is 6.09 Å². The molecule has 2 aromatic rings. The molecule has 1 heterocycles. The van der Waals surface area contributed by atoms with Crippen molar-refractivity contribution in [2.75, 3.05) is 19.7 Å². The van der Waals surface area contributed by atoms with Gasteiger partial charge in [-0.3, -0.25) is 0 Å². The predicted octanol–water partition coefficient (Wildman–Crippen LogP) is 3.40. The predicted molar refractivity (Wildman–Crippen MR) is 109 cm³/mol. The molecule has 0 spiro atoms. The monoisotopic (exact) mass is 483 g/mol. The van der Waals surface area contributed by atoms with Crippen molar-refractivity contribution < 1.29 is 24.5 Å². The minimum Gasteiger partial charge on any atom is -0.491 e. The molecule has 6 nitrogen and oxygen atoms in total. The summed E-state index contributed by atoms with van der Waals surface area (Å²) >= 11 is 2.26. The van der Waals surface area contributed by atoms with Gasteiger partial charge in [-0.1, -0.05) is 18.2 Å². The molecule has 0 aromatic heterocycles. The van der Waals surface area contributed by atoms with E-state index in [0.29, 0.717) is 5.75 Å². The fourth-order valence-electron chi connectivity index (χ4n) is 3.03. The van der Waals surface area contributed by atoms with Gasteiger partial charge in [0, 0.05) is 3.57 Å². The van der Waals surface area contributed by atoms with E-state index in [9.17, 15) is 15.0 Å². The summed E-state index contributed by atoms with van der Waals surface area (Å²) in [6.07, 6.45) is -0.627. The van der Waals surface area contributed by atoms with Crippen molar-refractivity contribution in [1.82, 2.24) is 4.90 Å². The summed E-state index contributed by atoms with van der Waals surface area (Å²) in [4.78, 5) is 12.8. The first-order valence-corrected chi connectivity index (χ1v) is 9.88.